The Balaban J connectivity index is 2.35. The average molecular weight is 903 g/mol. The molecule has 6 atom stereocenters. The van der Waals surface area contributed by atoms with E-state index in [0.29, 0.717) is 13.0 Å². The summed E-state index contributed by atoms with van der Waals surface area (Å²) in [4.78, 5) is 23.2. The number of unbranched alkanes of at least 4 members (excludes halogenated alkanes) is 24. The van der Waals surface area contributed by atoms with Crippen LogP contribution in [-0.4, -0.2) is 98.9 Å². The Morgan fingerprint density at radius 3 is 1.39 bits per heavy atom. The first kappa shape index (κ1) is 58.6. The van der Waals surface area contributed by atoms with Crippen molar-refractivity contribution in [2.75, 3.05) is 19.8 Å². The first-order valence-electron chi connectivity index (χ1n) is 24.8. The summed E-state index contributed by atoms with van der Waals surface area (Å²) in [6.07, 6.45) is 34.9. The Labute approximate surface area is 376 Å². The number of ether oxygens (including phenoxy) is 2. The maximum Gasteiger partial charge on any atom is 0.472 e. The summed E-state index contributed by atoms with van der Waals surface area (Å²) in [6, 6.07) is 0. The quantitative estimate of drug-likeness (QED) is 0.0147. The van der Waals surface area contributed by atoms with E-state index >= 15 is 0 Å². The fraction of sp³-hybridized carbons (Fsp3) is 0.857. The molecule has 13 heteroatoms. The summed E-state index contributed by atoms with van der Waals surface area (Å²) >= 11 is 0. The Bertz CT molecular complexity index is 1170. The van der Waals surface area contributed by atoms with Crippen molar-refractivity contribution < 1.29 is 58.3 Å². The van der Waals surface area contributed by atoms with Crippen LogP contribution in [0.2, 0.25) is 0 Å². The molecule has 364 valence electrons. The van der Waals surface area contributed by atoms with Gasteiger partial charge >= 0.3 is 13.8 Å². The van der Waals surface area contributed by atoms with Gasteiger partial charge in [-0.05, 0) is 70.6 Å². The number of aliphatic hydroxyl groups is 5. The second-order valence-corrected chi connectivity index (χ2v) is 18.7. The molecule has 0 aromatic heterocycles. The van der Waals surface area contributed by atoms with Crippen LogP contribution in [0.15, 0.2) is 36.5 Å². The van der Waals surface area contributed by atoms with Gasteiger partial charge in [0.25, 0.3) is 0 Å². The van der Waals surface area contributed by atoms with E-state index in [1.54, 1.807) is 0 Å². The minimum absolute atomic E-state index is 0.0816. The van der Waals surface area contributed by atoms with Crippen LogP contribution in [0.3, 0.4) is 0 Å². The number of phosphoric acid groups is 1. The summed E-state index contributed by atoms with van der Waals surface area (Å²) in [5.41, 5.74) is 0. The highest BCUT2D eigenvalue weighted by molar-refractivity contribution is 7.47. The van der Waals surface area contributed by atoms with E-state index in [1.807, 2.05) is 0 Å². The predicted octanol–water partition coefficient (Wildman–Crippen LogP) is 10.6. The monoisotopic (exact) mass is 903 g/mol. The average Bonchev–Trinajstić information content (AvgIpc) is 3.26. The zero-order chi connectivity index (χ0) is 45.5. The van der Waals surface area contributed by atoms with Gasteiger partial charge in [0.15, 0.2) is 0 Å². The van der Waals surface area contributed by atoms with E-state index in [-0.39, 0.29) is 13.0 Å². The summed E-state index contributed by atoms with van der Waals surface area (Å²) in [5.74, 6) is -0.483. The second-order valence-electron chi connectivity index (χ2n) is 17.3. The maximum atomic E-state index is 12.8. The molecule has 0 aromatic carbocycles. The van der Waals surface area contributed by atoms with Crippen molar-refractivity contribution in [3.63, 3.8) is 0 Å². The Hall–Kier alpha value is -1.44. The summed E-state index contributed by atoms with van der Waals surface area (Å²) in [7, 11) is -5.02. The SMILES string of the molecule is CCCCCC/C=C\CCCCCCCCOCC(COP(=O)(O)OC1C(O)C(O)C(O)C(O)C1O)OC(=O)CCCCCCCCCCC/C=C\C/C=C\CCCCCCC. The molecule has 0 bridgehead atoms. The zero-order valence-electron chi connectivity index (χ0n) is 38.9. The number of aliphatic hydroxyl groups excluding tert-OH is 5. The Morgan fingerprint density at radius 1 is 0.516 bits per heavy atom. The first-order valence-corrected chi connectivity index (χ1v) is 26.3. The third-order valence-corrected chi connectivity index (χ3v) is 12.5. The second kappa shape index (κ2) is 39.9. The normalized spacial score (nSPS) is 22.3. The molecule has 1 aliphatic rings. The van der Waals surface area contributed by atoms with E-state index in [2.05, 4.69) is 50.3 Å². The van der Waals surface area contributed by atoms with Crippen LogP contribution in [0.4, 0.5) is 0 Å². The molecule has 0 spiro atoms. The number of carbonyl (C=O) groups is 1. The van der Waals surface area contributed by atoms with Crippen LogP contribution in [0, 0.1) is 0 Å². The lowest BCUT2D eigenvalue weighted by Gasteiger charge is -2.41. The lowest BCUT2D eigenvalue weighted by Crippen LogP contribution is -2.64. The molecule has 0 radical (unpaired) electrons. The fourth-order valence-corrected chi connectivity index (χ4v) is 8.47. The van der Waals surface area contributed by atoms with E-state index in [1.165, 1.54) is 116 Å². The summed E-state index contributed by atoms with van der Waals surface area (Å²) in [5, 5.41) is 50.2. The number of phosphoric ester groups is 1. The summed E-state index contributed by atoms with van der Waals surface area (Å²) in [6.45, 7) is 4.23. The number of hydrogen-bond acceptors (Lipinski definition) is 11. The molecule has 6 unspecified atom stereocenters. The van der Waals surface area contributed by atoms with Gasteiger partial charge in [-0.2, -0.15) is 0 Å². The highest BCUT2D eigenvalue weighted by Gasteiger charge is 2.51. The van der Waals surface area contributed by atoms with Crippen LogP contribution >= 0.6 is 7.82 Å². The predicted molar refractivity (Wildman–Crippen MR) is 249 cm³/mol. The van der Waals surface area contributed by atoms with Gasteiger partial charge < -0.3 is 39.9 Å². The molecule has 0 aromatic rings. The van der Waals surface area contributed by atoms with Crippen LogP contribution in [0.5, 0.6) is 0 Å². The van der Waals surface area contributed by atoms with E-state index in [9.17, 15) is 39.8 Å². The highest BCUT2D eigenvalue weighted by Crippen LogP contribution is 2.47. The van der Waals surface area contributed by atoms with Crippen LogP contribution in [0.25, 0.3) is 0 Å². The molecule has 0 heterocycles. The van der Waals surface area contributed by atoms with Crippen molar-refractivity contribution in [3.05, 3.63) is 36.5 Å². The minimum atomic E-state index is -5.02. The van der Waals surface area contributed by atoms with E-state index < -0.39 is 63.1 Å². The van der Waals surface area contributed by atoms with Crippen LogP contribution < -0.4 is 0 Å². The molecule has 0 saturated heterocycles. The lowest BCUT2D eigenvalue weighted by atomic mass is 9.85. The molecule has 1 rings (SSSR count). The number of hydrogen-bond donors (Lipinski definition) is 6. The molecule has 0 amide bonds. The molecule has 0 aliphatic heterocycles. The molecule has 62 heavy (non-hydrogen) atoms. The van der Waals surface area contributed by atoms with Crippen molar-refractivity contribution in [2.24, 2.45) is 0 Å². The van der Waals surface area contributed by atoms with Crippen LogP contribution in [-0.2, 0) is 27.9 Å². The standard InChI is InChI=1S/C49H91O12P/c1-3-5-7-9-11-13-15-17-19-20-21-22-23-24-25-26-28-30-32-34-36-38-43(50)60-42(40-58-39-37-35-33-31-29-27-18-16-14-12-10-8-6-4-2)41-59-62(56,57)61-49-47(54)45(52)44(51)46(53)48(49)55/h14-17,20-21,42,44-49,51-55H,3-13,18-19,22-41H2,1-2H3,(H,56,57)/b16-14-,17-15-,21-20-. The number of rotatable bonds is 42. The maximum absolute atomic E-state index is 12.8. The van der Waals surface area contributed by atoms with E-state index in [0.717, 1.165) is 64.2 Å². The van der Waals surface area contributed by atoms with Crippen molar-refractivity contribution in [2.45, 2.75) is 249 Å². The molecular formula is C49H91O12P. The van der Waals surface area contributed by atoms with Crippen LogP contribution in [0.1, 0.15) is 206 Å². The van der Waals surface area contributed by atoms with Crippen molar-refractivity contribution in [1.29, 1.82) is 0 Å². The molecule has 1 saturated carbocycles. The lowest BCUT2D eigenvalue weighted by molar-refractivity contribution is -0.220. The van der Waals surface area contributed by atoms with Gasteiger partial charge in [-0.1, -0.05) is 166 Å². The van der Waals surface area contributed by atoms with Crippen molar-refractivity contribution in [1.82, 2.24) is 0 Å². The first-order chi connectivity index (χ1) is 30.0. The molecule has 1 aliphatic carbocycles. The topological polar surface area (TPSA) is 192 Å². The van der Waals surface area contributed by atoms with Crippen molar-refractivity contribution in [3.8, 4) is 0 Å². The van der Waals surface area contributed by atoms with Gasteiger partial charge in [-0.3, -0.25) is 13.8 Å². The van der Waals surface area contributed by atoms with Gasteiger partial charge in [0.05, 0.1) is 13.2 Å². The fourth-order valence-electron chi connectivity index (χ4n) is 7.50. The molecular weight excluding hydrogens is 812 g/mol. The molecule has 12 nitrogen and oxygen atoms in total. The minimum Gasteiger partial charge on any atom is -0.457 e. The van der Waals surface area contributed by atoms with Gasteiger partial charge in [-0.25, -0.2) is 4.57 Å². The molecule has 6 N–H and O–H groups in total. The Kier molecular flexibility index (Phi) is 37.7. The zero-order valence-corrected chi connectivity index (χ0v) is 39.8. The number of esters is 1. The van der Waals surface area contributed by atoms with E-state index in [4.69, 9.17) is 18.5 Å². The summed E-state index contributed by atoms with van der Waals surface area (Å²) < 4.78 is 34.2. The highest BCUT2D eigenvalue weighted by atomic mass is 31.2. The van der Waals surface area contributed by atoms with Gasteiger partial charge in [0.1, 0.15) is 42.7 Å². The largest absolute Gasteiger partial charge is 0.472 e. The smallest absolute Gasteiger partial charge is 0.457 e. The van der Waals surface area contributed by atoms with Gasteiger partial charge in [0.2, 0.25) is 0 Å². The third kappa shape index (κ3) is 31.4. The Morgan fingerprint density at radius 2 is 0.903 bits per heavy atom. The number of allylic oxidation sites excluding steroid dienone is 6. The van der Waals surface area contributed by atoms with Crippen molar-refractivity contribution >= 4 is 13.8 Å². The van der Waals surface area contributed by atoms with Gasteiger partial charge in [-0.15, -0.1) is 0 Å². The number of carbonyl (C=O) groups excluding carboxylic acids is 1. The third-order valence-electron chi connectivity index (χ3n) is 11.5. The van der Waals surface area contributed by atoms with Gasteiger partial charge in [0, 0.05) is 13.0 Å². The molecule has 1 fully saturated rings.